The minimum atomic E-state index is -0.436. The van der Waals surface area contributed by atoms with Crippen molar-refractivity contribution in [2.24, 2.45) is 5.73 Å². The molecule has 1 aromatic heterocycles. The van der Waals surface area contributed by atoms with Crippen LogP contribution in [-0.2, 0) is 0 Å². The number of halogens is 1. The highest BCUT2D eigenvalue weighted by Crippen LogP contribution is 2.34. The molecule has 3 aromatic rings. The van der Waals surface area contributed by atoms with Crippen molar-refractivity contribution >= 4 is 40.1 Å². The maximum Gasteiger partial charge on any atom is 0.276 e. The molecule has 1 heterocycles. The summed E-state index contributed by atoms with van der Waals surface area (Å²) in [5.41, 5.74) is 12.6. The van der Waals surface area contributed by atoms with E-state index in [2.05, 4.69) is 4.98 Å². The van der Waals surface area contributed by atoms with E-state index < -0.39 is 5.91 Å². The molecule has 0 atom stereocenters. The number of aromatic nitrogens is 1. The molecule has 0 aliphatic heterocycles. The van der Waals surface area contributed by atoms with Crippen molar-refractivity contribution in [3.63, 3.8) is 0 Å². The zero-order valence-electron chi connectivity index (χ0n) is 13.3. The second-order valence-electron chi connectivity index (χ2n) is 5.44. The van der Waals surface area contributed by atoms with Crippen LogP contribution in [0.1, 0.15) is 10.5 Å². The fourth-order valence-corrected chi connectivity index (χ4v) is 2.60. The van der Waals surface area contributed by atoms with Crippen molar-refractivity contribution in [1.29, 1.82) is 5.41 Å². The van der Waals surface area contributed by atoms with Gasteiger partial charge in [-0.25, -0.2) is 0 Å². The van der Waals surface area contributed by atoms with Crippen LogP contribution in [0.2, 0.25) is 5.02 Å². The van der Waals surface area contributed by atoms with Gasteiger partial charge in [0.15, 0.2) is 5.96 Å². The Morgan fingerprint density at radius 3 is 2.68 bits per heavy atom. The molecule has 1 amide bonds. The fourth-order valence-electron chi connectivity index (χ4n) is 2.33. The van der Waals surface area contributed by atoms with Gasteiger partial charge in [0.2, 0.25) is 0 Å². The number of carbonyl (C=O) groups excluding carboxylic acids is 1. The molecule has 8 heteroatoms. The van der Waals surface area contributed by atoms with Crippen molar-refractivity contribution in [2.75, 3.05) is 12.8 Å². The Hall–Kier alpha value is -3.19. The molecule has 6 N–H and O–H groups in total. The smallest absolute Gasteiger partial charge is 0.276 e. The summed E-state index contributed by atoms with van der Waals surface area (Å²) in [6.45, 7) is 0. The molecule has 0 fully saturated rings. The monoisotopic (exact) mass is 357 g/mol. The van der Waals surface area contributed by atoms with E-state index in [1.54, 1.807) is 30.3 Å². The summed E-state index contributed by atoms with van der Waals surface area (Å²) < 4.78 is 5.77. The van der Waals surface area contributed by atoms with Gasteiger partial charge in [-0.2, -0.15) is 0 Å². The SMILES string of the molecule is CN(C(=N)N)C(=O)c1cc2c(Cl)cc(Oc3ccccc3N)cc2[nH]1. The van der Waals surface area contributed by atoms with Gasteiger partial charge in [-0.05, 0) is 18.2 Å². The lowest BCUT2D eigenvalue weighted by molar-refractivity contribution is 0.0864. The van der Waals surface area contributed by atoms with Crippen LogP contribution in [0.25, 0.3) is 10.9 Å². The first-order valence-corrected chi connectivity index (χ1v) is 7.71. The number of anilines is 1. The molecule has 0 unspecified atom stereocenters. The van der Waals surface area contributed by atoms with E-state index in [0.29, 0.717) is 33.1 Å². The normalized spacial score (nSPS) is 10.6. The summed E-state index contributed by atoms with van der Waals surface area (Å²) in [6.07, 6.45) is 0. The largest absolute Gasteiger partial charge is 0.455 e. The van der Waals surface area contributed by atoms with E-state index in [9.17, 15) is 4.79 Å². The Bertz CT molecular complexity index is 982. The molecule has 0 aliphatic rings. The molecule has 0 bridgehead atoms. The Morgan fingerprint density at radius 2 is 2.00 bits per heavy atom. The zero-order chi connectivity index (χ0) is 18.1. The number of guanidine groups is 1. The summed E-state index contributed by atoms with van der Waals surface area (Å²) >= 11 is 6.31. The van der Waals surface area contributed by atoms with Crippen molar-refractivity contribution < 1.29 is 9.53 Å². The average molecular weight is 358 g/mol. The number of nitrogens with two attached hydrogens (primary N) is 2. The van der Waals surface area contributed by atoms with Gasteiger partial charge >= 0.3 is 0 Å². The average Bonchev–Trinajstić information content (AvgIpc) is 3.00. The van der Waals surface area contributed by atoms with Crippen molar-refractivity contribution in [3.8, 4) is 11.5 Å². The highest BCUT2D eigenvalue weighted by molar-refractivity contribution is 6.35. The second kappa shape index (κ2) is 6.37. The number of H-pyrrole nitrogens is 1. The van der Waals surface area contributed by atoms with E-state index in [1.165, 1.54) is 7.05 Å². The number of nitrogens with zero attached hydrogens (tertiary/aromatic N) is 1. The fraction of sp³-hybridized carbons (Fsp3) is 0.0588. The third kappa shape index (κ3) is 3.22. The van der Waals surface area contributed by atoms with Crippen LogP contribution in [0.4, 0.5) is 5.69 Å². The van der Waals surface area contributed by atoms with Crippen LogP contribution in [-0.4, -0.2) is 28.8 Å². The number of hydrogen-bond donors (Lipinski definition) is 4. The Morgan fingerprint density at radius 1 is 1.28 bits per heavy atom. The second-order valence-corrected chi connectivity index (χ2v) is 5.85. The van der Waals surface area contributed by atoms with Crippen molar-refractivity contribution in [1.82, 2.24) is 9.88 Å². The van der Waals surface area contributed by atoms with Crippen LogP contribution in [0.15, 0.2) is 42.5 Å². The van der Waals surface area contributed by atoms with Gasteiger partial charge in [0.25, 0.3) is 5.91 Å². The summed E-state index contributed by atoms with van der Waals surface area (Å²) in [5, 5.41) is 8.43. The van der Waals surface area contributed by atoms with Crippen LogP contribution < -0.4 is 16.2 Å². The molecule has 0 radical (unpaired) electrons. The number of fused-ring (bicyclic) bond motifs is 1. The Balaban J connectivity index is 1.98. The van der Waals surface area contributed by atoms with Gasteiger partial charge in [-0.15, -0.1) is 0 Å². The number of para-hydroxylation sites is 2. The molecule has 0 spiro atoms. The topological polar surface area (TPSA) is 121 Å². The highest BCUT2D eigenvalue weighted by Gasteiger charge is 2.18. The first kappa shape index (κ1) is 16.7. The van der Waals surface area contributed by atoms with Gasteiger partial charge in [0.1, 0.15) is 17.2 Å². The van der Waals surface area contributed by atoms with Gasteiger partial charge in [0.05, 0.1) is 16.2 Å². The molecular weight excluding hydrogens is 342 g/mol. The number of nitrogen functional groups attached to an aromatic ring is 1. The lowest BCUT2D eigenvalue weighted by Crippen LogP contribution is -2.38. The summed E-state index contributed by atoms with van der Waals surface area (Å²) in [4.78, 5) is 16.3. The zero-order valence-corrected chi connectivity index (χ0v) is 14.1. The van der Waals surface area contributed by atoms with Gasteiger partial charge in [0, 0.05) is 24.6 Å². The molecular formula is C17H16ClN5O2. The van der Waals surface area contributed by atoms with E-state index in [0.717, 1.165) is 4.90 Å². The number of ether oxygens (including phenoxy) is 1. The first-order chi connectivity index (χ1) is 11.9. The van der Waals surface area contributed by atoms with E-state index in [4.69, 9.17) is 33.2 Å². The molecule has 25 heavy (non-hydrogen) atoms. The molecule has 0 aliphatic carbocycles. The minimum absolute atomic E-state index is 0.269. The van der Waals surface area contributed by atoms with Crippen molar-refractivity contribution in [2.45, 2.75) is 0 Å². The number of hydrogen-bond acceptors (Lipinski definition) is 4. The third-order valence-corrected chi connectivity index (χ3v) is 4.02. The molecule has 128 valence electrons. The summed E-state index contributed by atoms with van der Waals surface area (Å²) in [6, 6.07) is 12.1. The predicted octanol–water partition coefficient (Wildman–Crippen LogP) is 3.16. The number of carbonyl (C=O) groups is 1. The van der Waals surface area contributed by atoms with Crippen LogP contribution in [0.3, 0.4) is 0 Å². The Labute approximate surface area is 148 Å². The number of nitrogens with one attached hydrogen (secondary N) is 2. The number of aromatic amines is 1. The van der Waals surface area contributed by atoms with Gasteiger partial charge < -0.3 is 21.2 Å². The summed E-state index contributed by atoms with van der Waals surface area (Å²) in [5.74, 6) is 0.209. The number of benzene rings is 2. The number of amides is 1. The van der Waals surface area contributed by atoms with E-state index in [1.807, 2.05) is 12.1 Å². The predicted molar refractivity (Wildman–Crippen MR) is 98.2 cm³/mol. The summed E-state index contributed by atoms with van der Waals surface area (Å²) in [7, 11) is 1.42. The van der Waals surface area contributed by atoms with Crippen molar-refractivity contribution in [3.05, 3.63) is 53.2 Å². The third-order valence-electron chi connectivity index (χ3n) is 3.70. The van der Waals surface area contributed by atoms with E-state index >= 15 is 0 Å². The Kier molecular flexibility index (Phi) is 4.24. The van der Waals surface area contributed by atoms with Crippen LogP contribution in [0.5, 0.6) is 11.5 Å². The lowest BCUT2D eigenvalue weighted by atomic mass is 10.2. The maximum absolute atomic E-state index is 12.3. The molecule has 7 nitrogen and oxygen atoms in total. The molecule has 2 aromatic carbocycles. The molecule has 3 rings (SSSR count). The standard InChI is InChI=1S/C17H16ClN5O2/c1-23(17(20)21)16(24)14-8-10-11(18)6-9(7-13(10)22-14)25-15-5-3-2-4-12(15)19/h2-8,22H,19H2,1H3,(H3,20,21). The molecule has 0 saturated heterocycles. The lowest BCUT2D eigenvalue weighted by Gasteiger charge is -2.12. The van der Waals surface area contributed by atoms with E-state index in [-0.39, 0.29) is 11.7 Å². The highest BCUT2D eigenvalue weighted by atomic mass is 35.5. The van der Waals surface area contributed by atoms with Gasteiger partial charge in [-0.1, -0.05) is 23.7 Å². The van der Waals surface area contributed by atoms with Gasteiger partial charge in [-0.3, -0.25) is 15.1 Å². The maximum atomic E-state index is 12.3. The minimum Gasteiger partial charge on any atom is -0.455 e. The number of rotatable bonds is 3. The van der Waals surface area contributed by atoms with Crippen LogP contribution >= 0.6 is 11.6 Å². The quantitative estimate of drug-likeness (QED) is 0.327. The first-order valence-electron chi connectivity index (χ1n) is 7.33. The molecule has 0 saturated carbocycles. The van der Waals surface area contributed by atoms with Crippen LogP contribution in [0, 0.1) is 5.41 Å².